The maximum atomic E-state index is 5.92. The molecule has 23 heavy (non-hydrogen) atoms. The van der Waals surface area contributed by atoms with Gasteiger partial charge in [-0.3, -0.25) is 10.9 Å². The van der Waals surface area contributed by atoms with Crippen LogP contribution in [-0.2, 0) is 0 Å². The van der Waals surface area contributed by atoms with Crippen LogP contribution < -0.4 is 16.2 Å². The van der Waals surface area contributed by atoms with Gasteiger partial charge in [0.1, 0.15) is 0 Å². The van der Waals surface area contributed by atoms with Crippen LogP contribution in [0.2, 0.25) is 5.02 Å². The van der Waals surface area contributed by atoms with E-state index in [4.69, 9.17) is 23.8 Å². The number of allylic oxidation sites excluding steroid dienone is 1. The summed E-state index contributed by atoms with van der Waals surface area (Å²) in [6.45, 7) is 6.08. The summed E-state index contributed by atoms with van der Waals surface area (Å²) in [5.41, 5.74) is 11.4. The lowest BCUT2D eigenvalue weighted by Gasteiger charge is -2.16. The molecule has 0 atom stereocenters. The first-order valence-electron chi connectivity index (χ1n) is 7.32. The molecule has 3 nitrogen and oxygen atoms in total. The third-order valence-corrected chi connectivity index (χ3v) is 3.84. The van der Waals surface area contributed by atoms with E-state index in [1.165, 1.54) is 5.56 Å². The molecular weight excluding hydrogens is 326 g/mol. The highest BCUT2D eigenvalue weighted by molar-refractivity contribution is 7.80. The normalized spacial score (nSPS) is 11.0. The fraction of sp³-hybridized carbons (Fsp3) is 0.167. The fourth-order valence-electron chi connectivity index (χ4n) is 2.17. The molecular formula is C18H20ClN3S. The van der Waals surface area contributed by atoms with Crippen molar-refractivity contribution in [1.82, 2.24) is 10.9 Å². The summed E-state index contributed by atoms with van der Waals surface area (Å²) in [7, 11) is 0. The molecule has 0 bridgehead atoms. The minimum atomic E-state index is 0.505. The number of rotatable bonds is 4. The number of nitrogens with one attached hydrogen (secondary N) is 3. The van der Waals surface area contributed by atoms with E-state index in [0.29, 0.717) is 10.1 Å². The number of aryl methyl sites for hydroxylation is 2. The maximum Gasteiger partial charge on any atom is 0.189 e. The van der Waals surface area contributed by atoms with Crippen molar-refractivity contribution in [1.29, 1.82) is 0 Å². The summed E-state index contributed by atoms with van der Waals surface area (Å²) >= 11 is 11.2. The van der Waals surface area contributed by atoms with Crippen LogP contribution in [0.1, 0.15) is 23.6 Å². The fourth-order valence-corrected chi connectivity index (χ4v) is 2.46. The Morgan fingerprint density at radius 1 is 1.04 bits per heavy atom. The van der Waals surface area contributed by atoms with Crippen LogP contribution in [0.25, 0.3) is 5.70 Å². The van der Waals surface area contributed by atoms with Gasteiger partial charge < -0.3 is 5.32 Å². The molecule has 0 fully saturated rings. The average Bonchev–Trinajstić information content (AvgIpc) is 2.52. The van der Waals surface area contributed by atoms with Crippen LogP contribution in [0.15, 0.2) is 48.5 Å². The largest absolute Gasteiger partial charge is 0.331 e. The topological polar surface area (TPSA) is 36.1 Å². The predicted molar refractivity (Wildman–Crippen MR) is 104 cm³/mol. The molecule has 3 N–H and O–H groups in total. The molecule has 0 aliphatic rings. The summed E-state index contributed by atoms with van der Waals surface area (Å²) in [6, 6.07) is 13.8. The standard InChI is InChI=1S/C18H20ClN3S/c1-4-16(14-6-8-15(19)9-7-14)21-22-18(23)20-17-10-5-12(2)11-13(17)3/h4-11,21H,1-3H3,(H2,20,22,23)/b16-4-. The van der Waals surface area contributed by atoms with Crippen LogP contribution >= 0.6 is 23.8 Å². The highest BCUT2D eigenvalue weighted by Crippen LogP contribution is 2.16. The molecule has 5 heteroatoms. The van der Waals surface area contributed by atoms with E-state index in [9.17, 15) is 0 Å². The molecule has 0 radical (unpaired) electrons. The Kier molecular flexibility index (Phi) is 6.02. The van der Waals surface area contributed by atoms with E-state index < -0.39 is 0 Å². The first kappa shape index (κ1) is 17.3. The number of halogens is 1. The SMILES string of the molecule is C/C=C(\NNC(=S)Nc1ccc(C)cc1C)c1ccc(Cl)cc1. The summed E-state index contributed by atoms with van der Waals surface area (Å²) in [5, 5.41) is 4.40. The Balaban J connectivity index is 1.96. The molecule has 0 aliphatic heterocycles. The van der Waals surface area contributed by atoms with Crippen LogP contribution in [-0.4, -0.2) is 5.11 Å². The minimum absolute atomic E-state index is 0.505. The second-order valence-electron chi connectivity index (χ2n) is 5.23. The van der Waals surface area contributed by atoms with Gasteiger partial charge in [0.15, 0.2) is 5.11 Å². The third-order valence-electron chi connectivity index (χ3n) is 3.38. The van der Waals surface area contributed by atoms with E-state index in [0.717, 1.165) is 22.5 Å². The number of thiocarbonyl (C=S) groups is 1. The van der Waals surface area contributed by atoms with Crippen molar-refractivity contribution >= 4 is 40.3 Å². The van der Waals surface area contributed by atoms with Crippen molar-refractivity contribution in [3.05, 3.63) is 70.3 Å². The van der Waals surface area contributed by atoms with Crippen LogP contribution in [0.5, 0.6) is 0 Å². The van der Waals surface area contributed by atoms with Crippen molar-refractivity contribution in [2.45, 2.75) is 20.8 Å². The molecule has 2 aromatic carbocycles. The van der Waals surface area contributed by atoms with Gasteiger partial charge in [0, 0.05) is 10.7 Å². The van der Waals surface area contributed by atoms with Crippen molar-refractivity contribution in [3.8, 4) is 0 Å². The smallest absolute Gasteiger partial charge is 0.189 e. The Morgan fingerprint density at radius 2 is 1.74 bits per heavy atom. The second-order valence-corrected chi connectivity index (χ2v) is 6.08. The molecule has 0 unspecified atom stereocenters. The van der Waals surface area contributed by atoms with Crippen LogP contribution in [0, 0.1) is 13.8 Å². The van der Waals surface area contributed by atoms with Gasteiger partial charge in [-0.25, -0.2) is 0 Å². The van der Waals surface area contributed by atoms with Crippen molar-refractivity contribution in [2.75, 3.05) is 5.32 Å². The minimum Gasteiger partial charge on any atom is -0.331 e. The van der Waals surface area contributed by atoms with Gasteiger partial charge in [-0.05, 0) is 62.3 Å². The quantitative estimate of drug-likeness (QED) is 0.549. The molecule has 0 saturated heterocycles. The Hall–Kier alpha value is -2.04. The van der Waals surface area contributed by atoms with E-state index in [2.05, 4.69) is 42.1 Å². The molecule has 2 rings (SSSR count). The van der Waals surface area contributed by atoms with Gasteiger partial charge >= 0.3 is 0 Å². The second kappa shape index (κ2) is 7.99. The average molecular weight is 346 g/mol. The van der Waals surface area contributed by atoms with Crippen molar-refractivity contribution < 1.29 is 0 Å². The maximum absolute atomic E-state index is 5.92. The third kappa shape index (κ3) is 4.98. The Bertz CT molecular complexity index is 724. The first-order valence-corrected chi connectivity index (χ1v) is 8.10. The van der Waals surface area contributed by atoms with Crippen molar-refractivity contribution in [2.24, 2.45) is 0 Å². The first-order chi connectivity index (χ1) is 11.0. The van der Waals surface area contributed by atoms with Crippen molar-refractivity contribution in [3.63, 3.8) is 0 Å². The summed E-state index contributed by atoms with van der Waals surface area (Å²) in [5.74, 6) is 0. The van der Waals surface area contributed by atoms with Gasteiger partial charge in [-0.1, -0.05) is 47.5 Å². The highest BCUT2D eigenvalue weighted by Gasteiger charge is 2.03. The predicted octanol–water partition coefficient (Wildman–Crippen LogP) is 4.81. The molecule has 0 aliphatic carbocycles. The van der Waals surface area contributed by atoms with E-state index in [1.54, 1.807) is 0 Å². The zero-order valence-electron chi connectivity index (χ0n) is 13.4. The lowest BCUT2D eigenvalue weighted by Crippen LogP contribution is -2.39. The Labute approximate surface area is 147 Å². The van der Waals surface area contributed by atoms with E-state index in [1.807, 2.05) is 43.3 Å². The summed E-state index contributed by atoms with van der Waals surface area (Å²) in [6.07, 6.45) is 1.97. The molecule has 0 heterocycles. The molecule has 0 aromatic heterocycles. The molecule has 0 spiro atoms. The summed E-state index contributed by atoms with van der Waals surface area (Å²) < 4.78 is 0. The van der Waals surface area contributed by atoms with Gasteiger partial charge in [0.2, 0.25) is 0 Å². The summed E-state index contributed by atoms with van der Waals surface area (Å²) in [4.78, 5) is 0. The zero-order chi connectivity index (χ0) is 16.8. The molecule has 2 aromatic rings. The zero-order valence-corrected chi connectivity index (χ0v) is 15.0. The van der Waals surface area contributed by atoms with Gasteiger partial charge in [0.05, 0.1) is 5.70 Å². The van der Waals surface area contributed by atoms with Gasteiger partial charge in [-0.2, -0.15) is 0 Å². The number of hydrogen-bond acceptors (Lipinski definition) is 2. The lowest BCUT2D eigenvalue weighted by atomic mass is 10.1. The van der Waals surface area contributed by atoms with Crippen LogP contribution in [0.3, 0.4) is 0 Å². The molecule has 0 amide bonds. The Morgan fingerprint density at radius 3 is 2.35 bits per heavy atom. The number of hydrazine groups is 1. The van der Waals surface area contributed by atoms with E-state index >= 15 is 0 Å². The highest BCUT2D eigenvalue weighted by atomic mass is 35.5. The monoisotopic (exact) mass is 345 g/mol. The van der Waals surface area contributed by atoms with Gasteiger partial charge in [0.25, 0.3) is 0 Å². The number of hydrogen-bond donors (Lipinski definition) is 3. The van der Waals surface area contributed by atoms with Gasteiger partial charge in [-0.15, -0.1) is 0 Å². The number of benzene rings is 2. The van der Waals surface area contributed by atoms with E-state index in [-0.39, 0.29) is 0 Å². The van der Waals surface area contributed by atoms with Crippen LogP contribution in [0.4, 0.5) is 5.69 Å². The molecule has 120 valence electrons. The lowest BCUT2D eigenvalue weighted by molar-refractivity contribution is 0.847. The molecule has 0 saturated carbocycles. The number of anilines is 1.